The summed E-state index contributed by atoms with van der Waals surface area (Å²) >= 11 is 7.80. The van der Waals surface area contributed by atoms with E-state index in [9.17, 15) is 0 Å². The lowest BCUT2D eigenvalue weighted by atomic mass is 10.1. The van der Waals surface area contributed by atoms with Gasteiger partial charge in [-0.3, -0.25) is 4.40 Å². The maximum atomic E-state index is 6.30. The first kappa shape index (κ1) is 17.1. The Morgan fingerprint density at radius 1 is 1.26 bits per heavy atom. The van der Waals surface area contributed by atoms with Crippen molar-refractivity contribution in [2.24, 2.45) is 23.5 Å². The Kier molecular flexibility index (Phi) is 4.14. The third-order valence-corrected chi connectivity index (χ3v) is 7.32. The molecule has 140 valence electrons. The summed E-state index contributed by atoms with van der Waals surface area (Å²) in [6.07, 6.45) is 8.41. The number of pyridine rings is 1. The maximum absolute atomic E-state index is 6.30. The zero-order chi connectivity index (χ0) is 18.5. The normalized spacial score (nSPS) is 24.2. The number of piperidine rings is 1. The number of fused-ring (bicyclic) bond motifs is 2. The number of nitrogens with zero attached hydrogens (tertiary/aromatic N) is 5. The van der Waals surface area contributed by atoms with E-state index < -0.39 is 0 Å². The molecule has 3 unspecified atom stereocenters. The lowest BCUT2D eigenvalue weighted by Gasteiger charge is -2.28. The molecule has 1 aliphatic carbocycles. The minimum atomic E-state index is 0.329. The molecule has 0 radical (unpaired) electrons. The van der Waals surface area contributed by atoms with Gasteiger partial charge in [-0.1, -0.05) is 23.4 Å². The van der Waals surface area contributed by atoms with Gasteiger partial charge in [0.05, 0.1) is 17.4 Å². The molecule has 3 aromatic rings. The highest BCUT2D eigenvalue weighted by Gasteiger charge is 2.51. The quantitative estimate of drug-likeness (QED) is 0.693. The molecular formula is C18H20ClN7S. The highest BCUT2D eigenvalue weighted by atomic mass is 35.5. The number of rotatable bonds is 4. The van der Waals surface area contributed by atoms with Gasteiger partial charge in [-0.15, -0.1) is 0 Å². The summed E-state index contributed by atoms with van der Waals surface area (Å²) < 4.78 is 2.05. The number of imidazole rings is 1. The summed E-state index contributed by atoms with van der Waals surface area (Å²) in [5.74, 6) is 3.51. The number of halogens is 1. The van der Waals surface area contributed by atoms with E-state index >= 15 is 0 Å². The van der Waals surface area contributed by atoms with Crippen LogP contribution in [0.25, 0.3) is 5.52 Å². The Morgan fingerprint density at radius 3 is 3.00 bits per heavy atom. The van der Waals surface area contributed by atoms with Crippen molar-refractivity contribution in [1.29, 1.82) is 0 Å². The number of nitrogen functional groups attached to an aromatic ring is 1. The summed E-state index contributed by atoms with van der Waals surface area (Å²) in [6, 6.07) is 1.85. The minimum Gasteiger partial charge on any atom is -0.382 e. The van der Waals surface area contributed by atoms with Crippen LogP contribution >= 0.6 is 23.4 Å². The van der Waals surface area contributed by atoms with Crippen LogP contribution in [0.5, 0.6) is 0 Å². The van der Waals surface area contributed by atoms with Gasteiger partial charge in [-0.05, 0) is 36.8 Å². The molecule has 4 heterocycles. The molecule has 3 atom stereocenters. The molecule has 2 fully saturated rings. The average molecular weight is 402 g/mol. The largest absolute Gasteiger partial charge is 0.382 e. The van der Waals surface area contributed by atoms with E-state index in [1.807, 2.05) is 24.8 Å². The fourth-order valence-electron chi connectivity index (χ4n) is 4.25. The van der Waals surface area contributed by atoms with Crippen molar-refractivity contribution in [1.82, 2.24) is 19.4 Å². The molecule has 2 aliphatic rings. The number of hydrogen-bond donors (Lipinski definition) is 2. The predicted molar refractivity (Wildman–Crippen MR) is 107 cm³/mol. The highest BCUT2D eigenvalue weighted by molar-refractivity contribution is 7.99. The Hall–Kier alpha value is -2.03. The predicted octanol–water partition coefficient (Wildman–Crippen LogP) is 2.54. The van der Waals surface area contributed by atoms with Gasteiger partial charge in [0.25, 0.3) is 0 Å². The van der Waals surface area contributed by atoms with Gasteiger partial charge in [0.2, 0.25) is 0 Å². The van der Waals surface area contributed by atoms with Gasteiger partial charge in [0.15, 0.2) is 5.82 Å². The lowest BCUT2D eigenvalue weighted by Crippen LogP contribution is -2.32. The topological polar surface area (TPSA) is 98.4 Å². The van der Waals surface area contributed by atoms with E-state index in [0.29, 0.717) is 22.7 Å². The molecule has 7 nitrogen and oxygen atoms in total. The Labute approximate surface area is 166 Å². The van der Waals surface area contributed by atoms with Crippen molar-refractivity contribution in [3.63, 3.8) is 0 Å². The van der Waals surface area contributed by atoms with Crippen LogP contribution in [-0.4, -0.2) is 39.0 Å². The summed E-state index contributed by atoms with van der Waals surface area (Å²) in [5.41, 5.74) is 12.7. The van der Waals surface area contributed by atoms with Crippen LogP contribution in [0.3, 0.4) is 0 Å². The molecule has 0 aromatic carbocycles. The molecule has 1 saturated heterocycles. The molecule has 0 spiro atoms. The van der Waals surface area contributed by atoms with Crippen LogP contribution in [0.4, 0.5) is 11.6 Å². The van der Waals surface area contributed by atoms with Crippen LogP contribution < -0.4 is 16.4 Å². The van der Waals surface area contributed by atoms with E-state index in [2.05, 4.69) is 19.3 Å². The number of aromatic nitrogens is 4. The number of nitrogens with two attached hydrogens (primary N) is 2. The van der Waals surface area contributed by atoms with Crippen LogP contribution in [-0.2, 0) is 0 Å². The van der Waals surface area contributed by atoms with Crippen LogP contribution in [0, 0.1) is 17.8 Å². The summed E-state index contributed by atoms with van der Waals surface area (Å²) in [6.45, 7) is 2.84. The first-order valence-electron chi connectivity index (χ1n) is 9.01. The number of anilines is 2. The van der Waals surface area contributed by atoms with Crippen molar-refractivity contribution in [2.75, 3.05) is 30.3 Å². The van der Waals surface area contributed by atoms with Gasteiger partial charge in [0.1, 0.15) is 22.7 Å². The van der Waals surface area contributed by atoms with Gasteiger partial charge in [-0.25, -0.2) is 15.0 Å². The van der Waals surface area contributed by atoms with Gasteiger partial charge < -0.3 is 16.4 Å². The molecule has 1 aliphatic heterocycles. The van der Waals surface area contributed by atoms with E-state index in [1.54, 1.807) is 6.20 Å². The van der Waals surface area contributed by atoms with Crippen molar-refractivity contribution in [3.8, 4) is 0 Å². The smallest absolute Gasteiger partial charge is 0.154 e. The molecule has 5 rings (SSSR count). The van der Waals surface area contributed by atoms with Crippen molar-refractivity contribution in [3.05, 3.63) is 36.0 Å². The second-order valence-corrected chi connectivity index (χ2v) is 8.58. The van der Waals surface area contributed by atoms with Crippen molar-refractivity contribution < 1.29 is 0 Å². The minimum absolute atomic E-state index is 0.329. The molecule has 0 amide bonds. The molecule has 27 heavy (non-hydrogen) atoms. The third-order valence-electron chi connectivity index (χ3n) is 5.74. The van der Waals surface area contributed by atoms with Crippen LogP contribution in [0.2, 0.25) is 5.02 Å². The fraction of sp³-hybridized carbons (Fsp3) is 0.389. The molecule has 4 N–H and O–H groups in total. The molecule has 9 heteroatoms. The second kappa shape index (κ2) is 6.54. The third kappa shape index (κ3) is 2.83. The van der Waals surface area contributed by atoms with Crippen molar-refractivity contribution >= 4 is 40.5 Å². The van der Waals surface area contributed by atoms with E-state index in [1.165, 1.54) is 18.2 Å². The highest BCUT2D eigenvalue weighted by Crippen LogP contribution is 2.51. The van der Waals surface area contributed by atoms with E-state index in [-0.39, 0.29) is 0 Å². The van der Waals surface area contributed by atoms with Crippen LogP contribution in [0.1, 0.15) is 6.42 Å². The Bertz CT molecular complexity index is 1000. The SMILES string of the molecule is NCC1C2CCN(c3ncc(Sc4ccnc(N)c4Cl)n4cncc34)CC12. The number of hydrogen-bond acceptors (Lipinski definition) is 7. The zero-order valence-electron chi connectivity index (χ0n) is 14.6. The molecule has 1 saturated carbocycles. The maximum Gasteiger partial charge on any atom is 0.154 e. The average Bonchev–Trinajstić information content (AvgIpc) is 3.15. The Morgan fingerprint density at radius 2 is 2.15 bits per heavy atom. The second-order valence-electron chi connectivity index (χ2n) is 7.14. The summed E-state index contributed by atoms with van der Waals surface area (Å²) in [7, 11) is 0. The fourth-order valence-corrected chi connectivity index (χ4v) is 5.37. The van der Waals surface area contributed by atoms with Crippen molar-refractivity contribution in [2.45, 2.75) is 16.3 Å². The summed E-state index contributed by atoms with van der Waals surface area (Å²) in [4.78, 5) is 16.4. The zero-order valence-corrected chi connectivity index (χ0v) is 16.2. The first-order valence-corrected chi connectivity index (χ1v) is 10.2. The standard InChI is InChI=1S/C18H20ClN7S/c19-16-14(1-3-23-17(16)21)27-15-7-24-18(13-6-22-9-26(13)15)25-4-2-10-11(5-20)12(10)8-25/h1,3,6-7,9-12H,2,4-5,8,20H2,(H2,21,23). The van der Waals surface area contributed by atoms with Gasteiger partial charge in [-0.2, -0.15) is 0 Å². The molecule has 3 aromatic heterocycles. The van der Waals surface area contributed by atoms with E-state index in [4.69, 9.17) is 28.1 Å². The van der Waals surface area contributed by atoms with Crippen LogP contribution in [0.15, 0.2) is 40.9 Å². The summed E-state index contributed by atoms with van der Waals surface area (Å²) in [5, 5.41) is 1.39. The first-order chi connectivity index (χ1) is 13.2. The van der Waals surface area contributed by atoms with Gasteiger partial charge in [0, 0.05) is 24.2 Å². The monoisotopic (exact) mass is 401 g/mol. The van der Waals surface area contributed by atoms with Gasteiger partial charge >= 0.3 is 0 Å². The Balaban J connectivity index is 1.46. The van der Waals surface area contributed by atoms with E-state index in [0.717, 1.165) is 46.8 Å². The lowest BCUT2D eigenvalue weighted by molar-refractivity contribution is 0.547. The molecule has 0 bridgehead atoms. The molecular weight excluding hydrogens is 382 g/mol.